The van der Waals surface area contributed by atoms with Crippen molar-refractivity contribution in [2.24, 2.45) is 0 Å². The lowest BCUT2D eigenvalue weighted by atomic mass is 10.0. The summed E-state index contributed by atoms with van der Waals surface area (Å²) in [6.45, 7) is 2.01. The van der Waals surface area contributed by atoms with Gasteiger partial charge in [0.05, 0.1) is 6.61 Å². The number of hydrogen-bond donors (Lipinski definition) is 0. The fourth-order valence-corrected chi connectivity index (χ4v) is 3.07. The van der Waals surface area contributed by atoms with E-state index in [4.69, 9.17) is 9.47 Å². The van der Waals surface area contributed by atoms with Crippen LogP contribution in [0.3, 0.4) is 0 Å². The Morgan fingerprint density at radius 1 is 0.931 bits per heavy atom. The van der Waals surface area contributed by atoms with Crippen molar-refractivity contribution in [2.75, 3.05) is 6.61 Å². The molecule has 3 nitrogen and oxygen atoms in total. The van der Waals surface area contributed by atoms with Crippen LogP contribution in [0.1, 0.15) is 24.5 Å². The predicted molar refractivity (Wildman–Crippen MR) is 108 cm³/mol. The number of carbonyl (C=O) groups is 1. The molecular weight excluding hydrogens is 374 g/mol. The van der Waals surface area contributed by atoms with Crippen LogP contribution in [-0.2, 0) is 22.6 Å². The largest absolute Gasteiger partial charge is 0.483 e. The van der Waals surface area contributed by atoms with Crippen LogP contribution < -0.4 is 4.74 Å². The standard InChI is InChI=1S/C24H22F2O3/c1-2-28-23(27)13-12-17-14-21(25)24(22(26)15-17)29-16-19-10-6-7-11-20(19)18-8-4-3-5-9-18/h3-11,14-15H,2,12-13,16H2,1H3. The van der Waals surface area contributed by atoms with Crippen LogP contribution in [0.15, 0.2) is 66.7 Å². The number of carbonyl (C=O) groups excluding carboxylic acids is 1. The second-order valence-corrected chi connectivity index (χ2v) is 6.51. The Balaban J connectivity index is 1.73. The van der Waals surface area contributed by atoms with Gasteiger partial charge in [0.1, 0.15) is 6.61 Å². The van der Waals surface area contributed by atoms with Crippen molar-refractivity contribution in [3.8, 4) is 16.9 Å². The molecule has 29 heavy (non-hydrogen) atoms. The van der Waals surface area contributed by atoms with E-state index in [0.29, 0.717) is 5.56 Å². The van der Waals surface area contributed by atoms with E-state index in [1.54, 1.807) is 6.92 Å². The van der Waals surface area contributed by atoms with Gasteiger partial charge in [-0.1, -0.05) is 54.6 Å². The third kappa shape index (κ3) is 5.41. The Morgan fingerprint density at radius 3 is 2.28 bits per heavy atom. The lowest BCUT2D eigenvalue weighted by Gasteiger charge is -2.13. The van der Waals surface area contributed by atoms with Gasteiger partial charge in [-0.15, -0.1) is 0 Å². The normalized spacial score (nSPS) is 10.6. The van der Waals surface area contributed by atoms with Gasteiger partial charge in [0, 0.05) is 6.42 Å². The molecule has 0 radical (unpaired) electrons. The first-order valence-corrected chi connectivity index (χ1v) is 9.48. The van der Waals surface area contributed by atoms with Crippen LogP contribution >= 0.6 is 0 Å². The molecule has 0 unspecified atom stereocenters. The summed E-state index contributed by atoms with van der Waals surface area (Å²) < 4.78 is 39.2. The number of aryl methyl sites for hydroxylation is 1. The Morgan fingerprint density at radius 2 is 1.59 bits per heavy atom. The molecule has 0 amide bonds. The van der Waals surface area contributed by atoms with E-state index < -0.39 is 23.4 Å². The molecule has 0 saturated carbocycles. The average molecular weight is 396 g/mol. The molecule has 0 aromatic heterocycles. The first kappa shape index (κ1) is 20.5. The molecule has 0 spiro atoms. The van der Waals surface area contributed by atoms with Crippen molar-refractivity contribution >= 4 is 5.97 Å². The first-order valence-electron chi connectivity index (χ1n) is 9.48. The minimum Gasteiger partial charge on any atom is -0.483 e. The Bertz CT molecular complexity index is 948. The van der Waals surface area contributed by atoms with Crippen LogP contribution in [0.4, 0.5) is 8.78 Å². The molecule has 3 rings (SSSR count). The first-order chi connectivity index (χ1) is 14.1. The zero-order valence-corrected chi connectivity index (χ0v) is 16.2. The SMILES string of the molecule is CCOC(=O)CCc1cc(F)c(OCc2ccccc2-c2ccccc2)c(F)c1. The van der Waals surface area contributed by atoms with Gasteiger partial charge in [0.25, 0.3) is 0 Å². The maximum Gasteiger partial charge on any atom is 0.306 e. The molecule has 0 aliphatic carbocycles. The molecule has 5 heteroatoms. The van der Waals surface area contributed by atoms with E-state index in [0.717, 1.165) is 16.7 Å². The van der Waals surface area contributed by atoms with Crippen molar-refractivity contribution in [1.29, 1.82) is 0 Å². The smallest absolute Gasteiger partial charge is 0.306 e. The molecule has 0 bridgehead atoms. The van der Waals surface area contributed by atoms with E-state index >= 15 is 0 Å². The molecule has 0 aliphatic rings. The highest BCUT2D eigenvalue weighted by Gasteiger charge is 2.15. The molecule has 0 saturated heterocycles. The van der Waals surface area contributed by atoms with E-state index in [2.05, 4.69) is 0 Å². The van der Waals surface area contributed by atoms with Crippen LogP contribution in [-0.4, -0.2) is 12.6 Å². The van der Waals surface area contributed by atoms with Gasteiger partial charge in [-0.2, -0.15) is 0 Å². The van der Waals surface area contributed by atoms with Gasteiger partial charge in [-0.3, -0.25) is 4.79 Å². The predicted octanol–water partition coefficient (Wildman–Crippen LogP) is 5.71. The van der Waals surface area contributed by atoms with Crippen LogP contribution in [0.5, 0.6) is 5.75 Å². The molecule has 0 heterocycles. The summed E-state index contributed by atoms with van der Waals surface area (Å²) in [4.78, 5) is 11.4. The zero-order valence-electron chi connectivity index (χ0n) is 16.2. The lowest BCUT2D eigenvalue weighted by molar-refractivity contribution is -0.143. The fourth-order valence-electron chi connectivity index (χ4n) is 3.07. The van der Waals surface area contributed by atoms with Crippen molar-refractivity contribution in [3.05, 3.63) is 89.5 Å². The van der Waals surface area contributed by atoms with Crippen LogP contribution in [0.25, 0.3) is 11.1 Å². The lowest BCUT2D eigenvalue weighted by Crippen LogP contribution is -2.06. The van der Waals surface area contributed by atoms with Gasteiger partial charge in [0.2, 0.25) is 0 Å². The number of benzene rings is 3. The summed E-state index contributed by atoms with van der Waals surface area (Å²) in [6.07, 6.45) is 0.265. The second kappa shape index (κ2) is 9.82. The van der Waals surface area contributed by atoms with Gasteiger partial charge in [0.15, 0.2) is 17.4 Å². The molecule has 3 aromatic carbocycles. The Kier molecular flexibility index (Phi) is 6.95. The van der Waals surface area contributed by atoms with E-state index in [9.17, 15) is 13.6 Å². The molecule has 0 aliphatic heterocycles. The molecule has 150 valence electrons. The quantitative estimate of drug-likeness (QED) is 0.458. The average Bonchev–Trinajstić information content (AvgIpc) is 2.73. The number of ether oxygens (including phenoxy) is 2. The molecule has 3 aromatic rings. The fraction of sp³-hybridized carbons (Fsp3) is 0.208. The third-order valence-electron chi connectivity index (χ3n) is 4.46. The highest BCUT2D eigenvalue weighted by atomic mass is 19.1. The summed E-state index contributed by atoms with van der Waals surface area (Å²) in [7, 11) is 0. The summed E-state index contributed by atoms with van der Waals surface area (Å²) in [5.74, 6) is -2.40. The third-order valence-corrected chi connectivity index (χ3v) is 4.46. The Labute approximate surface area is 168 Å². The molecule has 0 atom stereocenters. The van der Waals surface area contributed by atoms with E-state index in [1.807, 2.05) is 54.6 Å². The van der Waals surface area contributed by atoms with Crippen LogP contribution in [0.2, 0.25) is 0 Å². The number of hydrogen-bond acceptors (Lipinski definition) is 3. The summed E-state index contributed by atoms with van der Waals surface area (Å²) in [5, 5.41) is 0. The zero-order chi connectivity index (χ0) is 20.6. The van der Waals surface area contributed by atoms with Gasteiger partial charge in [-0.05, 0) is 47.7 Å². The molecule has 0 N–H and O–H groups in total. The summed E-state index contributed by atoms with van der Waals surface area (Å²) in [5.41, 5.74) is 3.15. The molecular formula is C24H22F2O3. The highest BCUT2D eigenvalue weighted by Crippen LogP contribution is 2.28. The summed E-state index contributed by atoms with van der Waals surface area (Å²) >= 11 is 0. The molecule has 0 fully saturated rings. The Hall–Kier alpha value is -3.21. The minimum absolute atomic E-state index is 0.0288. The minimum atomic E-state index is -0.791. The van der Waals surface area contributed by atoms with Gasteiger partial charge < -0.3 is 9.47 Å². The highest BCUT2D eigenvalue weighted by molar-refractivity contribution is 5.69. The number of rotatable bonds is 8. The topological polar surface area (TPSA) is 35.5 Å². The second-order valence-electron chi connectivity index (χ2n) is 6.51. The number of esters is 1. The summed E-state index contributed by atoms with van der Waals surface area (Å²) in [6, 6.07) is 19.7. The van der Waals surface area contributed by atoms with Crippen LogP contribution in [0, 0.1) is 11.6 Å². The van der Waals surface area contributed by atoms with Crippen molar-refractivity contribution in [1.82, 2.24) is 0 Å². The monoisotopic (exact) mass is 396 g/mol. The van der Waals surface area contributed by atoms with Gasteiger partial charge in [-0.25, -0.2) is 8.78 Å². The van der Waals surface area contributed by atoms with Gasteiger partial charge >= 0.3 is 5.97 Å². The van der Waals surface area contributed by atoms with Crippen molar-refractivity contribution < 1.29 is 23.0 Å². The maximum absolute atomic E-state index is 14.4. The van der Waals surface area contributed by atoms with Crippen molar-refractivity contribution in [3.63, 3.8) is 0 Å². The van der Waals surface area contributed by atoms with E-state index in [-0.39, 0.29) is 26.1 Å². The van der Waals surface area contributed by atoms with E-state index in [1.165, 1.54) is 12.1 Å². The maximum atomic E-state index is 14.4. The number of halogens is 2. The van der Waals surface area contributed by atoms with Crippen molar-refractivity contribution in [2.45, 2.75) is 26.4 Å².